The molecule has 2 aromatic rings. The molecule has 4 rings (SSSR count). The maximum atomic E-state index is 13.9. The maximum Gasteiger partial charge on any atom is 0.218 e. The van der Waals surface area contributed by atoms with Crippen LogP contribution >= 0.6 is 0 Å². The molecule has 0 unspecified atom stereocenters. The standard InChI is InChI=1S/C21H25FN6/c1-14(15-7-3-2-4-8-15)25-20-13-28(23)27-21(26-20)24-12-16-11-18(16)17-9-5-6-10-19(17)22/h2-10,13-14,16,18,25H,11-12,23H2,1H3,(H2,24,26,27)/t14-,16+,18-/m0/s1. The van der Waals surface area contributed by atoms with Gasteiger partial charge in [-0.15, -0.1) is 0 Å². The van der Waals surface area contributed by atoms with Crippen molar-refractivity contribution in [1.82, 2.24) is 21.2 Å². The quantitative estimate of drug-likeness (QED) is 0.580. The second-order valence-electron chi connectivity index (χ2n) is 7.28. The van der Waals surface area contributed by atoms with Crippen LogP contribution in [0.25, 0.3) is 0 Å². The van der Waals surface area contributed by atoms with Crippen LogP contribution in [0.2, 0.25) is 0 Å². The molecule has 0 spiro atoms. The van der Waals surface area contributed by atoms with Crippen molar-refractivity contribution in [3.05, 3.63) is 83.6 Å². The Morgan fingerprint density at radius 1 is 1.21 bits per heavy atom. The van der Waals surface area contributed by atoms with Crippen molar-refractivity contribution >= 4 is 5.96 Å². The van der Waals surface area contributed by atoms with E-state index in [1.165, 1.54) is 16.7 Å². The van der Waals surface area contributed by atoms with Crippen molar-refractivity contribution in [1.29, 1.82) is 0 Å². The molecule has 0 bridgehead atoms. The molecule has 0 amide bonds. The van der Waals surface area contributed by atoms with Gasteiger partial charge in [-0.05, 0) is 42.4 Å². The number of nitrogens with zero attached hydrogens (tertiary/aromatic N) is 2. The van der Waals surface area contributed by atoms with Crippen LogP contribution in [0.4, 0.5) is 4.39 Å². The Morgan fingerprint density at radius 3 is 2.75 bits per heavy atom. The highest BCUT2D eigenvalue weighted by Gasteiger charge is 2.39. The number of nitrogens with one attached hydrogen (secondary N) is 3. The highest BCUT2D eigenvalue weighted by atomic mass is 19.1. The predicted octanol–water partition coefficient (Wildman–Crippen LogP) is 2.72. The lowest BCUT2D eigenvalue weighted by molar-refractivity contribution is 0.327. The first-order valence-corrected chi connectivity index (χ1v) is 9.51. The Labute approximate surface area is 164 Å². The van der Waals surface area contributed by atoms with Gasteiger partial charge in [0.2, 0.25) is 5.96 Å². The van der Waals surface area contributed by atoms with Crippen LogP contribution in [-0.2, 0) is 0 Å². The Morgan fingerprint density at radius 2 is 1.96 bits per heavy atom. The van der Waals surface area contributed by atoms with Crippen LogP contribution in [0, 0.1) is 11.7 Å². The summed E-state index contributed by atoms with van der Waals surface area (Å²) in [5, 5.41) is 8.02. The zero-order chi connectivity index (χ0) is 19.5. The molecule has 0 aromatic heterocycles. The van der Waals surface area contributed by atoms with Gasteiger partial charge in [-0.3, -0.25) is 5.43 Å². The minimum absolute atomic E-state index is 0.0952. The number of rotatable bonds is 6. The largest absolute Gasteiger partial charge is 0.362 e. The number of nitrogens with two attached hydrogens (primary N) is 1. The molecule has 1 aliphatic carbocycles. The third-order valence-corrected chi connectivity index (χ3v) is 5.15. The number of hydrogen-bond acceptors (Lipinski definition) is 6. The van der Waals surface area contributed by atoms with Gasteiger partial charge in [0, 0.05) is 12.6 Å². The molecule has 7 heteroatoms. The van der Waals surface area contributed by atoms with Crippen LogP contribution in [0.15, 0.2) is 71.6 Å². The number of halogens is 1. The zero-order valence-electron chi connectivity index (χ0n) is 15.8. The topological polar surface area (TPSA) is 77.7 Å². The molecular formula is C21H25FN6. The highest BCUT2D eigenvalue weighted by molar-refractivity contribution is 5.81. The zero-order valence-corrected chi connectivity index (χ0v) is 15.8. The summed E-state index contributed by atoms with van der Waals surface area (Å²) < 4.78 is 13.9. The fraction of sp³-hybridized carbons (Fsp3) is 0.286. The van der Waals surface area contributed by atoms with E-state index in [1.807, 2.05) is 30.3 Å². The lowest BCUT2D eigenvalue weighted by atomic mass is 10.1. The van der Waals surface area contributed by atoms with Crippen LogP contribution in [0.5, 0.6) is 0 Å². The molecule has 2 aromatic carbocycles. The number of benzene rings is 2. The van der Waals surface area contributed by atoms with E-state index >= 15 is 0 Å². The number of hydrogen-bond donors (Lipinski definition) is 4. The molecule has 6 nitrogen and oxygen atoms in total. The van der Waals surface area contributed by atoms with E-state index in [2.05, 4.69) is 40.1 Å². The minimum Gasteiger partial charge on any atom is -0.362 e. The lowest BCUT2D eigenvalue weighted by Gasteiger charge is -2.26. The molecule has 1 fully saturated rings. The summed E-state index contributed by atoms with van der Waals surface area (Å²) in [5.74, 6) is 7.69. The van der Waals surface area contributed by atoms with E-state index in [9.17, 15) is 4.39 Å². The first-order valence-electron chi connectivity index (χ1n) is 9.51. The average molecular weight is 380 g/mol. The van der Waals surface area contributed by atoms with E-state index in [0.717, 1.165) is 12.0 Å². The third-order valence-electron chi connectivity index (χ3n) is 5.15. The van der Waals surface area contributed by atoms with E-state index in [-0.39, 0.29) is 17.8 Å². The minimum atomic E-state index is -0.124. The Balaban J connectivity index is 1.34. The normalized spacial score (nSPS) is 21.9. The fourth-order valence-electron chi connectivity index (χ4n) is 3.51. The van der Waals surface area contributed by atoms with Crippen molar-refractivity contribution in [2.24, 2.45) is 16.8 Å². The van der Waals surface area contributed by atoms with E-state index < -0.39 is 0 Å². The molecule has 0 saturated heterocycles. The highest BCUT2D eigenvalue weighted by Crippen LogP contribution is 2.47. The molecule has 146 valence electrons. The molecule has 3 atom stereocenters. The van der Waals surface area contributed by atoms with Crippen molar-refractivity contribution in [3.63, 3.8) is 0 Å². The summed E-state index contributed by atoms with van der Waals surface area (Å²) in [6.45, 7) is 2.78. The summed E-state index contributed by atoms with van der Waals surface area (Å²) in [4.78, 5) is 4.56. The molecule has 2 aliphatic rings. The molecule has 1 saturated carbocycles. The predicted molar refractivity (Wildman–Crippen MR) is 108 cm³/mol. The number of aliphatic imine (C=N–C) groups is 1. The van der Waals surface area contributed by atoms with Gasteiger partial charge in [0.15, 0.2) is 0 Å². The van der Waals surface area contributed by atoms with Gasteiger partial charge >= 0.3 is 0 Å². The summed E-state index contributed by atoms with van der Waals surface area (Å²) >= 11 is 0. The van der Waals surface area contributed by atoms with Crippen LogP contribution < -0.4 is 21.9 Å². The number of hydrazine groups is 2. The second kappa shape index (κ2) is 7.90. The van der Waals surface area contributed by atoms with Crippen LogP contribution in [0.3, 0.4) is 0 Å². The second-order valence-corrected chi connectivity index (χ2v) is 7.28. The average Bonchev–Trinajstić information content (AvgIpc) is 3.46. The van der Waals surface area contributed by atoms with Crippen molar-refractivity contribution < 1.29 is 4.39 Å². The molecule has 28 heavy (non-hydrogen) atoms. The monoisotopic (exact) mass is 380 g/mol. The summed E-state index contributed by atoms with van der Waals surface area (Å²) in [7, 11) is 0. The van der Waals surface area contributed by atoms with Gasteiger partial charge in [-0.25, -0.2) is 15.4 Å². The fourth-order valence-corrected chi connectivity index (χ4v) is 3.51. The SMILES string of the molecule is C[C@H](NC1=CN(N)NC(NC[C@H]2C[C@@H]2c2ccccc2F)=N1)c1ccccc1. The van der Waals surface area contributed by atoms with Gasteiger partial charge in [0.05, 0.1) is 6.20 Å². The van der Waals surface area contributed by atoms with Crippen molar-refractivity contribution in [2.75, 3.05) is 6.54 Å². The smallest absolute Gasteiger partial charge is 0.218 e. The van der Waals surface area contributed by atoms with E-state index in [0.29, 0.717) is 24.2 Å². The number of guanidine groups is 1. The molecular weight excluding hydrogens is 355 g/mol. The Hall–Kier alpha value is -3.06. The van der Waals surface area contributed by atoms with Gasteiger partial charge in [-0.1, -0.05) is 48.5 Å². The van der Waals surface area contributed by atoms with Crippen LogP contribution in [0.1, 0.15) is 36.4 Å². The lowest BCUT2D eigenvalue weighted by Crippen LogP contribution is -2.52. The molecule has 1 aliphatic heterocycles. The molecule has 1 heterocycles. The van der Waals surface area contributed by atoms with E-state index in [4.69, 9.17) is 5.84 Å². The van der Waals surface area contributed by atoms with Gasteiger partial charge in [0.1, 0.15) is 11.6 Å². The first kappa shape index (κ1) is 18.3. The van der Waals surface area contributed by atoms with E-state index in [1.54, 1.807) is 12.3 Å². The van der Waals surface area contributed by atoms with Crippen molar-refractivity contribution in [2.45, 2.75) is 25.3 Å². The van der Waals surface area contributed by atoms with Crippen molar-refractivity contribution in [3.8, 4) is 0 Å². The Kier molecular flexibility index (Phi) is 5.16. The van der Waals surface area contributed by atoms with Crippen LogP contribution in [-0.4, -0.2) is 17.6 Å². The van der Waals surface area contributed by atoms with Gasteiger partial charge in [-0.2, -0.15) is 4.99 Å². The maximum absolute atomic E-state index is 13.9. The Bertz CT molecular complexity index is 881. The summed E-state index contributed by atoms with van der Waals surface area (Å²) in [5.41, 5.74) is 4.93. The molecule has 5 N–H and O–H groups in total. The molecule has 0 radical (unpaired) electrons. The first-order chi connectivity index (χ1) is 13.6. The summed E-state index contributed by atoms with van der Waals surface area (Å²) in [6.07, 6.45) is 2.67. The summed E-state index contributed by atoms with van der Waals surface area (Å²) in [6, 6.07) is 17.2. The van der Waals surface area contributed by atoms with Gasteiger partial charge in [0.25, 0.3) is 0 Å². The third kappa shape index (κ3) is 4.26. The van der Waals surface area contributed by atoms with Gasteiger partial charge < -0.3 is 10.6 Å².